The van der Waals surface area contributed by atoms with Gasteiger partial charge in [0.05, 0.1) is 17.2 Å². The molecular weight excluding hydrogens is 571 g/mol. The van der Waals surface area contributed by atoms with Gasteiger partial charge in [-0.05, 0) is 39.8 Å². The SMILES string of the molecule is C=C(C#CC)N1C[C-]1NCCc1cccc([C-](N)c2nc(C)c(C)nc2N)c1.[K+].[W]. The molecule has 0 amide bonds. The number of nitrogens with one attached hydrogen (secondary N) is 1. The standard InChI is InChI=1S/C22H26N6.K.W/c1-5-7-14(2)28-13-19(28)25-11-10-17-8-6-9-18(12-17)20(23)21-22(24)27-16(4)15(3)26-21;;/h6,8-9,12,25H,2,10-11,13,23H2,1,3-4H3,(H2,24,27);;/q-2;+1;. The number of nitrogen functional groups attached to an aromatic ring is 1. The van der Waals surface area contributed by atoms with Gasteiger partial charge in [-0.2, -0.15) is 6.17 Å². The smallest absolute Gasteiger partial charge is 0.520 e. The van der Waals surface area contributed by atoms with Gasteiger partial charge in [-0.3, -0.25) is 9.97 Å². The largest absolute Gasteiger partial charge is 1.00 e. The van der Waals surface area contributed by atoms with E-state index in [1.807, 2.05) is 32.9 Å². The molecule has 1 aliphatic heterocycles. The maximum atomic E-state index is 6.36. The van der Waals surface area contributed by atoms with Crippen LogP contribution >= 0.6 is 0 Å². The van der Waals surface area contributed by atoms with Gasteiger partial charge in [0.25, 0.3) is 0 Å². The number of rotatable bonds is 7. The third-order valence-corrected chi connectivity index (χ3v) is 4.70. The van der Waals surface area contributed by atoms with Crippen LogP contribution < -0.4 is 68.2 Å². The first kappa shape index (κ1) is 27.3. The number of benzene rings is 1. The number of allylic oxidation sites excluding steroid dienone is 1. The Hall–Kier alpha value is -0.685. The molecule has 152 valence electrons. The molecule has 2 heterocycles. The molecule has 1 saturated heterocycles. The summed E-state index contributed by atoms with van der Waals surface area (Å²) in [6.07, 6.45) is 2.03. The summed E-state index contributed by atoms with van der Waals surface area (Å²) < 4.78 is 0. The Morgan fingerprint density at radius 2 is 2.03 bits per heavy atom. The van der Waals surface area contributed by atoms with E-state index in [2.05, 4.69) is 50.7 Å². The van der Waals surface area contributed by atoms with E-state index in [0.717, 1.165) is 48.3 Å². The molecule has 5 N–H and O–H groups in total. The Labute approximate surface area is 236 Å². The molecule has 6 nitrogen and oxygen atoms in total. The van der Waals surface area contributed by atoms with Crippen LogP contribution in [0.4, 0.5) is 5.82 Å². The van der Waals surface area contributed by atoms with E-state index in [9.17, 15) is 0 Å². The van der Waals surface area contributed by atoms with Gasteiger partial charge in [-0.1, -0.05) is 30.0 Å². The summed E-state index contributed by atoms with van der Waals surface area (Å²) >= 11 is 0. The van der Waals surface area contributed by atoms with Crippen LogP contribution in [0.15, 0.2) is 36.5 Å². The molecule has 1 aromatic carbocycles. The van der Waals surface area contributed by atoms with Crippen molar-refractivity contribution in [1.29, 1.82) is 0 Å². The molecular formula is C22H26KN6W-. The fraction of sp³-hybridized carbons (Fsp3) is 0.273. The molecule has 2 aromatic rings. The van der Waals surface area contributed by atoms with E-state index in [4.69, 9.17) is 11.5 Å². The maximum Gasteiger partial charge on any atom is 1.00 e. The first-order valence-electron chi connectivity index (χ1n) is 9.22. The Kier molecular flexibility index (Phi) is 11.3. The van der Waals surface area contributed by atoms with E-state index < -0.39 is 0 Å². The molecule has 0 saturated carbocycles. The van der Waals surface area contributed by atoms with Crippen LogP contribution in [0.3, 0.4) is 0 Å². The van der Waals surface area contributed by atoms with E-state index >= 15 is 0 Å². The van der Waals surface area contributed by atoms with Crippen molar-refractivity contribution in [1.82, 2.24) is 20.2 Å². The maximum absolute atomic E-state index is 6.36. The van der Waals surface area contributed by atoms with Gasteiger partial charge in [-0.25, -0.2) is 0 Å². The van der Waals surface area contributed by atoms with Gasteiger partial charge in [0.15, 0.2) is 0 Å². The summed E-state index contributed by atoms with van der Waals surface area (Å²) in [6, 6.07) is 8.67. The Bertz CT molecular complexity index is 952. The molecule has 0 bridgehead atoms. The van der Waals surface area contributed by atoms with E-state index in [1.54, 1.807) is 0 Å². The average molecular weight is 597 g/mol. The summed E-state index contributed by atoms with van der Waals surface area (Å²) in [5.41, 5.74) is 17.5. The number of aromatic nitrogens is 2. The molecule has 1 aromatic heterocycles. The number of nitrogens with zero attached hydrogens (tertiary/aromatic N) is 3. The van der Waals surface area contributed by atoms with Crippen LogP contribution in [-0.4, -0.2) is 28.0 Å². The predicted molar refractivity (Wildman–Crippen MR) is 112 cm³/mol. The summed E-state index contributed by atoms with van der Waals surface area (Å²) in [4.78, 5) is 10.9. The topological polar surface area (TPSA) is 92.9 Å². The van der Waals surface area contributed by atoms with Gasteiger partial charge in [-0.15, -0.1) is 30.3 Å². The summed E-state index contributed by atoms with van der Waals surface area (Å²) in [6.45, 7) is 11.3. The van der Waals surface area contributed by atoms with Crippen LogP contribution in [0.1, 0.15) is 35.1 Å². The minimum absolute atomic E-state index is 0. The second-order valence-corrected chi connectivity index (χ2v) is 6.77. The van der Waals surface area contributed by atoms with Crippen LogP contribution in [0, 0.1) is 37.9 Å². The molecule has 30 heavy (non-hydrogen) atoms. The summed E-state index contributed by atoms with van der Waals surface area (Å²) in [5, 5.41) is 3.43. The minimum Gasteiger partial charge on any atom is -0.520 e. The van der Waals surface area contributed by atoms with Crippen LogP contribution in [-0.2, 0) is 27.5 Å². The molecule has 0 unspecified atom stereocenters. The van der Waals surface area contributed by atoms with E-state index in [1.165, 1.54) is 5.56 Å². The number of hydrogen-bond donors (Lipinski definition) is 3. The van der Waals surface area contributed by atoms with Crippen LogP contribution in [0.5, 0.6) is 0 Å². The van der Waals surface area contributed by atoms with E-state index in [-0.39, 0.29) is 72.4 Å². The van der Waals surface area contributed by atoms with Gasteiger partial charge in [0, 0.05) is 32.5 Å². The van der Waals surface area contributed by atoms with Crippen molar-refractivity contribution >= 4 is 5.82 Å². The molecule has 3 rings (SSSR count). The zero-order valence-electron chi connectivity index (χ0n) is 18.0. The van der Waals surface area contributed by atoms with Gasteiger partial charge >= 0.3 is 51.4 Å². The molecule has 0 aliphatic carbocycles. The van der Waals surface area contributed by atoms with Crippen molar-refractivity contribution in [2.45, 2.75) is 27.2 Å². The molecule has 1 aliphatic rings. The number of anilines is 1. The van der Waals surface area contributed by atoms with Gasteiger partial charge in [0.1, 0.15) is 0 Å². The van der Waals surface area contributed by atoms with Crippen molar-refractivity contribution in [3.8, 4) is 11.8 Å². The molecule has 0 atom stereocenters. The Balaban J connectivity index is 0.00000225. The molecule has 1 fully saturated rings. The van der Waals surface area contributed by atoms with Crippen molar-refractivity contribution in [3.05, 3.63) is 77.0 Å². The molecule has 0 spiro atoms. The van der Waals surface area contributed by atoms with E-state index in [0.29, 0.717) is 17.6 Å². The zero-order chi connectivity index (χ0) is 20.3. The monoisotopic (exact) mass is 597 g/mol. The third-order valence-electron chi connectivity index (χ3n) is 4.70. The fourth-order valence-corrected chi connectivity index (χ4v) is 2.94. The molecule has 8 heteroatoms. The number of nitrogens with two attached hydrogens (primary N) is 2. The number of aryl methyl sites for hydroxylation is 2. The minimum atomic E-state index is 0. The fourth-order valence-electron chi connectivity index (χ4n) is 2.94. The Morgan fingerprint density at radius 3 is 2.73 bits per heavy atom. The van der Waals surface area contributed by atoms with Crippen molar-refractivity contribution < 1.29 is 72.4 Å². The van der Waals surface area contributed by atoms with Crippen LogP contribution in [0.25, 0.3) is 0 Å². The average Bonchev–Trinajstić information content (AvgIpc) is 3.44. The van der Waals surface area contributed by atoms with Gasteiger partial charge in [0.2, 0.25) is 0 Å². The predicted octanol–water partition coefficient (Wildman–Crippen LogP) is -0.962. The normalized spacial score (nSPS) is 12.2. The quantitative estimate of drug-likeness (QED) is 0.165. The molecule has 0 radical (unpaired) electrons. The van der Waals surface area contributed by atoms with Crippen molar-refractivity contribution in [3.63, 3.8) is 0 Å². The van der Waals surface area contributed by atoms with Crippen LogP contribution in [0.2, 0.25) is 0 Å². The second-order valence-electron chi connectivity index (χ2n) is 6.77. The third kappa shape index (κ3) is 6.91. The first-order valence-corrected chi connectivity index (χ1v) is 9.22. The van der Waals surface area contributed by atoms with Crippen molar-refractivity contribution in [2.24, 2.45) is 5.73 Å². The zero-order valence-corrected chi connectivity index (χ0v) is 24.1. The second kappa shape index (κ2) is 12.4. The summed E-state index contributed by atoms with van der Waals surface area (Å²) in [5.74, 6) is 6.20. The first-order chi connectivity index (χ1) is 13.4. The van der Waals surface area contributed by atoms with Gasteiger partial charge < -0.3 is 21.7 Å². The Morgan fingerprint density at radius 1 is 1.33 bits per heavy atom. The number of hydrogen-bond acceptors (Lipinski definition) is 6. The van der Waals surface area contributed by atoms with Crippen molar-refractivity contribution in [2.75, 3.05) is 18.8 Å². The summed E-state index contributed by atoms with van der Waals surface area (Å²) in [7, 11) is 0.